The number of nitrogens with two attached hydrogens (primary N) is 1. The number of fused-ring (bicyclic) bond motifs is 1. The molecule has 1 heterocycles. The van der Waals surface area contributed by atoms with Crippen LogP contribution in [0.25, 0.3) is 0 Å². The van der Waals surface area contributed by atoms with Crippen LogP contribution in [0.3, 0.4) is 0 Å². The Morgan fingerprint density at radius 2 is 1.90 bits per heavy atom. The number of anilines is 1. The maximum atomic E-state index is 5.81. The van der Waals surface area contributed by atoms with Gasteiger partial charge in [-0.05, 0) is 83.1 Å². The van der Waals surface area contributed by atoms with Crippen molar-refractivity contribution in [2.45, 2.75) is 19.4 Å². The summed E-state index contributed by atoms with van der Waals surface area (Å²) in [5.74, 6) is 0.442. The average Bonchev–Trinajstić information content (AvgIpc) is 2.40. The monoisotopic (exact) mass is 378 g/mol. The van der Waals surface area contributed by atoms with Gasteiger partial charge in [0.15, 0.2) is 0 Å². The molecule has 104 valence electrons. The van der Waals surface area contributed by atoms with E-state index in [4.69, 9.17) is 5.73 Å². The number of nitrogens with zero attached hydrogens (tertiary/aromatic N) is 1. The zero-order valence-corrected chi connectivity index (χ0v) is 14.0. The van der Waals surface area contributed by atoms with Crippen LogP contribution < -0.4 is 5.73 Å². The van der Waals surface area contributed by atoms with Gasteiger partial charge in [0.05, 0.1) is 0 Å². The minimum atomic E-state index is 0.442. The Hall–Kier alpha value is -1.07. The molecule has 2 aromatic rings. The zero-order valence-electron chi connectivity index (χ0n) is 11.9. The quantitative estimate of drug-likeness (QED) is 0.605. The molecule has 2 N–H and O–H groups in total. The second-order valence-electron chi connectivity index (χ2n) is 5.71. The van der Waals surface area contributed by atoms with E-state index in [1.807, 2.05) is 12.1 Å². The van der Waals surface area contributed by atoms with Gasteiger partial charge < -0.3 is 10.6 Å². The number of likely N-dealkylation sites (N-methyl/N-ethyl adjacent to an activating group) is 1. The fourth-order valence-electron chi connectivity index (χ4n) is 3.08. The van der Waals surface area contributed by atoms with E-state index in [2.05, 4.69) is 65.7 Å². The summed E-state index contributed by atoms with van der Waals surface area (Å²) in [6.07, 6.45) is 0. The van der Waals surface area contributed by atoms with E-state index in [0.717, 1.165) is 18.8 Å². The molecule has 3 heteroatoms. The van der Waals surface area contributed by atoms with Crippen molar-refractivity contribution in [2.75, 3.05) is 19.3 Å². The predicted octanol–water partition coefficient (Wildman–Crippen LogP) is 3.76. The topological polar surface area (TPSA) is 29.3 Å². The molecule has 1 unspecified atom stereocenters. The third-order valence-electron chi connectivity index (χ3n) is 4.11. The van der Waals surface area contributed by atoms with Gasteiger partial charge >= 0.3 is 0 Å². The Balaban J connectivity index is 2.12. The number of aryl methyl sites for hydroxylation is 1. The summed E-state index contributed by atoms with van der Waals surface area (Å²) < 4.78 is 1.32. The number of benzene rings is 2. The average molecular weight is 378 g/mol. The molecule has 0 saturated carbocycles. The van der Waals surface area contributed by atoms with E-state index in [1.165, 1.54) is 25.8 Å². The molecule has 2 nitrogen and oxygen atoms in total. The van der Waals surface area contributed by atoms with E-state index < -0.39 is 0 Å². The van der Waals surface area contributed by atoms with Crippen LogP contribution in [0.2, 0.25) is 0 Å². The SMILES string of the molecule is Cc1cc(I)cc2c1CN(C)CC2c1ccc(N)cc1. The van der Waals surface area contributed by atoms with Gasteiger partial charge in [-0.2, -0.15) is 0 Å². The maximum Gasteiger partial charge on any atom is 0.0314 e. The first-order chi connectivity index (χ1) is 9.54. The molecule has 20 heavy (non-hydrogen) atoms. The highest BCUT2D eigenvalue weighted by molar-refractivity contribution is 14.1. The lowest BCUT2D eigenvalue weighted by Crippen LogP contribution is -2.31. The summed E-state index contributed by atoms with van der Waals surface area (Å²) in [6.45, 7) is 4.33. The number of halogens is 1. The zero-order chi connectivity index (χ0) is 14.3. The van der Waals surface area contributed by atoms with Gasteiger partial charge in [0.1, 0.15) is 0 Å². The van der Waals surface area contributed by atoms with Gasteiger partial charge in [0.25, 0.3) is 0 Å². The highest BCUT2D eigenvalue weighted by Gasteiger charge is 2.26. The normalized spacial score (nSPS) is 18.9. The fraction of sp³-hybridized carbons (Fsp3) is 0.294. The Bertz CT molecular complexity index is 634. The molecule has 2 aromatic carbocycles. The molecule has 0 saturated heterocycles. The van der Waals surface area contributed by atoms with Crippen molar-refractivity contribution in [3.8, 4) is 0 Å². The first-order valence-electron chi connectivity index (χ1n) is 6.87. The second-order valence-corrected chi connectivity index (χ2v) is 6.95. The van der Waals surface area contributed by atoms with Crippen LogP contribution in [0.4, 0.5) is 5.69 Å². The van der Waals surface area contributed by atoms with Crippen molar-refractivity contribution >= 4 is 28.3 Å². The summed E-state index contributed by atoms with van der Waals surface area (Å²) in [6, 6.07) is 13.0. The molecule has 0 aliphatic carbocycles. The van der Waals surface area contributed by atoms with Crippen molar-refractivity contribution < 1.29 is 0 Å². The highest BCUT2D eigenvalue weighted by atomic mass is 127. The molecule has 0 amide bonds. The van der Waals surface area contributed by atoms with E-state index in [0.29, 0.717) is 5.92 Å². The second kappa shape index (κ2) is 5.37. The summed E-state index contributed by atoms with van der Waals surface area (Å²) in [7, 11) is 2.20. The van der Waals surface area contributed by atoms with Crippen LogP contribution in [-0.2, 0) is 6.54 Å². The van der Waals surface area contributed by atoms with Crippen molar-refractivity contribution in [1.82, 2.24) is 4.90 Å². The van der Waals surface area contributed by atoms with Crippen LogP contribution in [-0.4, -0.2) is 18.5 Å². The minimum absolute atomic E-state index is 0.442. The Kier molecular flexibility index (Phi) is 3.73. The lowest BCUT2D eigenvalue weighted by molar-refractivity contribution is 0.294. The number of hydrogen-bond acceptors (Lipinski definition) is 2. The standard InChI is InChI=1S/C17H19IN2/c1-11-7-13(18)8-15-16(11)9-20(2)10-17(15)12-3-5-14(19)6-4-12/h3-8,17H,9-10,19H2,1-2H3. The van der Waals surface area contributed by atoms with Crippen LogP contribution in [0.1, 0.15) is 28.2 Å². The molecule has 0 bridgehead atoms. The number of hydrogen-bond donors (Lipinski definition) is 1. The molecule has 3 rings (SSSR count). The molecule has 0 aromatic heterocycles. The lowest BCUT2D eigenvalue weighted by Gasteiger charge is -2.34. The first kappa shape index (κ1) is 13.9. The summed E-state index contributed by atoms with van der Waals surface area (Å²) in [4.78, 5) is 2.41. The molecule has 0 radical (unpaired) electrons. The van der Waals surface area contributed by atoms with Gasteiger partial charge in [0, 0.05) is 28.3 Å². The van der Waals surface area contributed by atoms with Crippen LogP contribution in [0.5, 0.6) is 0 Å². The van der Waals surface area contributed by atoms with Crippen LogP contribution >= 0.6 is 22.6 Å². The molecular formula is C17H19IN2. The first-order valence-corrected chi connectivity index (χ1v) is 7.95. The van der Waals surface area contributed by atoms with Crippen molar-refractivity contribution in [2.24, 2.45) is 0 Å². The van der Waals surface area contributed by atoms with Crippen molar-refractivity contribution in [1.29, 1.82) is 0 Å². The molecule has 1 aliphatic heterocycles. The lowest BCUT2D eigenvalue weighted by atomic mass is 9.83. The third kappa shape index (κ3) is 2.56. The molecular weight excluding hydrogens is 359 g/mol. The maximum absolute atomic E-state index is 5.81. The Labute approximate surface area is 134 Å². The smallest absolute Gasteiger partial charge is 0.0314 e. The largest absolute Gasteiger partial charge is 0.399 e. The Morgan fingerprint density at radius 1 is 1.20 bits per heavy atom. The van der Waals surface area contributed by atoms with Crippen LogP contribution in [0.15, 0.2) is 36.4 Å². The van der Waals surface area contributed by atoms with Crippen molar-refractivity contribution in [3.63, 3.8) is 0 Å². The van der Waals surface area contributed by atoms with Crippen molar-refractivity contribution in [3.05, 3.63) is 62.2 Å². The van der Waals surface area contributed by atoms with E-state index >= 15 is 0 Å². The van der Waals surface area contributed by atoms with Gasteiger partial charge in [-0.25, -0.2) is 0 Å². The Morgan fingerprint density at radius 3 is 2.60 bits per heavy atom. The molecule has 1 atom stereocenters. The van der Waals surface area contributed by atoms with Gasteiger partial charge in [-0.3, -0.25) is 0 Å². The molecule has 0 spiro atoms. The predicted molar refractivity (Wildman–Crippen MR) is 92.9 cm³/mol. The molecule has 1 aliphatic rings. The van der Waals surface area contributed by atoms with E-state index in [-0.39, 0.29) is 0 Å². The van der Waals surface area contributed by atoms with E-state index in [1.54, 1.807) is 0 Å². The summed E-state index contributed by atoms with van der Waals surface area (Å²) >= 11 is 2.42. The number of nitrogen functional groups attached to an aromatic ring is 1. The van der Waals surface area contributed by atoms with Crippen LogP contribution in [0, 0.1) is 10.5 Å². The third-order valence-corrected chi connectivity index (χ3v) is 4.73. The fourth-order valence-corrected chi connectivity index (χ4v) is 3.89. The van der Waals surface area contributed by atoms with Gasteiger partial charge in [-0.1, -0.05) is 12.1 Å². The number of rotatable bonds is 1. The van der Waals surface area contributed by atoms with Gasteiger partial charge in [-0.15, -0.1) is 0 Å². The highest BCUT2D eigenvalue weighted by Crippen LogP contribution is 2.35. The summed E-state index contributed by atoms with van der Waals surface area (Å²) in [5.41, 5.74) is 12.4. The molecule has 0 fully saturated rings. The summed E-state index contributed by atoms with van der Waals surface area (Å²) in [5, 5.41) is 0. The van der Waals surface area contributed by atoms with E-state index in [9.17, 15) is 0 Å². The minimum Gasteiger partial charge on any atom is -0.399 e. The van der Waals surface area contributed by atoms with Gasteiger partial charge in [0.2, 0.25) is 0 Å².